The van der Waals surface area contributed by atoms with Gasteiger partial charge in [-0.15, -0.1) is 0 Å². The number of nitrogens with one attached hydrogen (secondary N) is 1. The van der Waals surface area contributed by atoms with Gasteiger partial charge in [-0.05, 0) is 93.1 Å². The van der Waals surface area contributed by atoms with E-state index in [9.17, 15) is 9.90 Å². The Morgan fingerprint density at radius 1 is 1.13 bits per heavy atom. The molecule has 6 rings (SSSR count). The first-order chi connectivity index (χ1) is 14.7. The maximum atomic E-state index is 13.2. The van der Waals surface area contributed by atoms with Gasteiger partial charge >= 0.3 is 0 Å². The van der Waals surface area contributed by atoms with E-state index < -0.39 is 0 Å². The topological polar surface area (TPSA) is 58.6 Å². The van der Waals surface area contributed by atoms with Gasteiger partial charge in [0.05, 0.1) is 17.8 Å². The van der Waals surface area contributed by atoms with Crippen LogP contribution in [-0.2, 0) is 9.53 Å². The molecule has 2 N–H and O–H groups in total. The number of fused-ring (bicyclic) bond motifs is 6. The van der Waals surface area contributed by atoms with E-state index >= 15 is 0 Å². The van der Waals surface area contributed by atoms with Gasteiger partial charge in [0.2, 0.25) is 0 Å². The molecule has 0 aromatic carbocycles. The molecule has 4 nitrogen and oxygen atoms in total. The molecule has 6 aliphatic rings. The standard InChI is InChI=1S/C27H41NO3/c1-14-9-24-25(28-13-14)16(3)27(31-24)8-6-18-19(15(27)2)11-21-20(18)12-23(30)22-10-17(29)5-7-26(21,22)4/h14,16-18,20-22,24-25,28-29H,5-13H2,1-4H3/t14-,16+,17-,18+,20+,21-,22+,24-,25+,26+,27-/m0/s1. The van der Waals surface area contributed by atoms with Crippen molar-refractivity contribution in [1.29, 1.82) is 0 Å². The van der Waals surface area contributed by atoms with Crippen LogP contribution in [0.2, 0.25) is 0 Å². The van der Waals surface area contributed by atoms with E-state index in [1.807, 2.05) is 0 Å². The van der Waals surface area contributed by atoms with Crippen LogP contribution < -0.4 is 5.32 Å². The molecular weight excluding hydrogens is 386 g/mol. The van der Waals surface area contributed by atoms with Crippen molar-refractivity contribution in [2.45, 2.75) is 103 Å². The van der Waals surface area contributed by atoms with Crippen LogP contribution in [0.1, 0.15) is 79.1 Å². The van der Waals surface area contributed by atoms with Crippen molar-refractivity contribution in [3.05, 3.63) is 11.1 Å². The van der Waals surface area contributed by atoms with Gasteiger partial charge in [0.25, 0.3) is 0 Å². The van der Waals surface area contributed by atoms with Gasteiger partial charge in [0.15, 0.2) is 0 Å². The Morgan fingerprint density at radius 2 is 1.94 bits per heavy atom. The maximum Gasteiger partial charge on any atom is 0.136 e. The smallest absolute Gasteiger partial charge is 0.136 e. The highest BCUT2D eigenvalue weighted by Crippen LogP contribution is 2.65. The van der Waals surface area contributed by atoms with Crippen molar-refractivity contribution in [2.24, 2.45) is 40.9 Å². The number of ether oxygens (including phenoxy) is 1. The molecule has 31 heavy (non-hydrogen) atoms. The van der Waals surface area contributed by atoms with Crippen molar-refractivity contribution in [3.8, 4) is 0 Å². The summed E-state index contributed by atoms with van der Waals surface area (Å²) in [4.78, 5) is 13.2. The largest absolute Gasteiger partial charge is 0.393 e. The molecule has 0 amide bonds. The highest BCUT2D eigenvalue weighted by Gasteiger charge is 2.62. The van der Waals surface area contributed by atoms with Crippen LogP contribution in [-0.4, -0.2) is 41.3 Å². The predicted molar refractivity (Wildman–Crippen MR) is 120 cm³/mol. The highest BCUT2D eigenvalue weighted by molar-refractivity contribution is 5.83. The van der Waals surface area contributed by atoms with Crippen molar-refractivity contribution in [2.75, 3.05) is 6.54 Å². The van der Waals surface area contributed by atoms with Crippen LogP contribution in [0.3, 0.4) is 0 Å². The summed E-state index contributed by atoms with van der Waals surface area (Å²) in [6.07, 6.45) is 8.02. The van der Waals surface area contributed by atoms with Crippen LogP contribution in [0.25, 0.3) is 0 Å². The summed E-state index contributed by atoms with van der Waals surface area (Å²) in [6, 6.07) is 0.482. The number of piperidine rings is 1. The summed E-state index contributed by atoms with van der Waals surface area (Å²) >= 11 is 0. The van der Waals surface area contributed by atoms with Crippen LogP contribution >= 0.6 is 0 Å². The lowest BCUT2D eigenvalue weighted by atomic mass is 9.51. The second kappa shape index (κ2) is 6.90. The number of carbonyl (C=O) groups is 1. The van der Waals surface area contributed by atoms with Crippen molar-refractivity contribution < 1.29 is 14.6 Å². The molecule has 4 aliphatic carbocycles. The fourth-order valence-corrected chi connectivity index (χ4v) is 9.46. The Kier molecular flexibility index (Phi) is 4.64. The quantitative estimate of drug-likeness (QED) is 0.567. The maximum absolute atomic E-state index is 13.2. The van der Waals surface area contributed by atoms with Crippen LogP contribution in [0.15, 0.2) is 11.1 Å². The van der Waals surface area contributed by atoms with Gasteiger partial charge in [-0.3, -0.25) is 4.79 Å². The van der Waals surface area contributed by atoms with E-state index in [4.69, 9.17) is 4.74 Å². The Labute approximate surface area is 187 Å². The summed E-state index contributed by atoms with van der Waals surface area (Å²) in [5.74, 6) is 3.41. The molecule has 0 unspecified atom stereocenters. The molecule has 172 valence electrons. The number of Topliss-reactive ketones (excluding diaryl/α,β-unsaturated/α-hetero) is 1. The fraction of sp³-hybridized carbons (Fsp3) is 0.889. The van der Waals surface area contributed by atoms with E-state index in [0.29, 0.717) is 53.9 Å². The molecule has 0 bridgehead atoms. The van der Waals surface area contributed by atoms with Crippen molar-refractivity contribution in [1.82, 2.24) is 5.32 Å². The van der Waals surface area contributed by atoms with Gasteiger partial charge in [-0.2, -0.15) is 0 Å². The number of rotatable bonds is 0. The van der Waals surface area contributed by atoms with Crippen LogP contribution in [0, 0.1) is 40.9 Å². The molecule has 5 fully saturated rings. The van der Waals surface area contributed by atoms with E-state index in [1.165, 1.54) is 18.4 Å². The SMILES string of the molecule is CC1=C2C[C@H]3[C@H](CC(=O)[C@H]4C[C@@H](O)CC[C@@]43C)[C@@H]2CC[C@]12O[C@H]1C[C@H](C)CN[C@@H]1[C@H]2C. The number of aliphatic hydroxyl groups is 1. The Hall–Kier alpha value is -0.710. The first-order valence-electron chi connectivity index (χ1n) is 13.1. The Morgan fingerprint density at radius 3 is 2.74 bits per heavy atom. The molecule has 0 radical (unpaired) electrons. The monoisotopic (exact) mass is 427 g/mol. The fourth-order valence-electron chi connectivity index (χ4n) is 9.46. The molecule has 4 heteroatoms. The van der Waals surface area contributed by atoms with E-state index in [2.05, 4.69) is 33.0 Å². The molecule has 11 atom stereocenters. The van der Waals surface area contributed by atoms with E-state index in [-0.39, 0.29) is 23.0 Å². The zero-order chi connectivity index (χ0) is 21.7. The Bertz CT molecular complexity index is 821. The zero-order valence-corrected chi connectivity index (χ0v) is 19.8. The van der Waals surface area contributed by atoms with Gasteiger partial charge in [0, 0.05) is 24.3 Å². The summed E-state index contributed by atoms with van der Waals surface area (Å²) in [5, 5.41) is 14.1. The summed E-state index contributed by atoms with van der Waals surface area (Å²) in [6.45, 7) is 10.6. The summed E-state index contributed by atoms with van der Waals surface area (Å²) in [7, 11) is 0. The van der Waals surface area contributed by atoms with Gasteiger partial charge in [-0.1, -0.05) is 26.3 Å². The first-order valence-corrected chi connectivity index (χ1v) is 13.1. The lowest BCUT2D eigenvalue weighted by Crippen LogP contribution is -2.51. The van der Waals surface area contributed by atoms with Gasteiger partial charge < -0.3 is 15.2 Å². The van der Waals surface area contributed by atoms with Crippen LogP contribution in [0.4, 0.5) is 0 Å². The molecule has 0 aromatic heterocycles. The Balaban J connectivity index is 1.35. The number of allylic oxidation sites excluding steroid dienone is 1. The second-order valence-electron chi connectivity index (χ2n) is 12.5. The zero-order valence-electron chi connectivity index (χ0n) is 19.8. The second-order valence-corrected chi connectivity index (χ2v) is 12.5. The molecule has 2 aliphatic heterocycles. The normalized spacial score (nSPS) is 56.3. The lowest BCUT2D eigenvalue weighted by molar-refractivity contribution is -0.145. The van der Waals surface area contributed by atoms with Crippen molar-refractivity contribution in [3.63, 3.8) is 0 Å². The molecule has 1 spiro atoms. The minimum atomic E-state index is -0.280. The third-order valence-corrected chi connectivity index (χ3v) is 11.2. The number of aliphatic hydroxyl groups excluding tert-OH is 1. The number of hydrogen-bond donors (Lipinski definition) is 2. The molecular formula is C27H41NO3. The van der Waals surface area contributed by atoms with E-state index in [0.717, 1.165) is 38.6 Å². The van der Waals surface area contributed by atoms with Gasteiger partial charge in [-0.25, -0.2) is 0 Å². The summed E-state index contributed by atoms with van der Waals surface area (Å²) < 4.78 is 7.00. The van der Waals surface area contributed by atoms with Crippen LogP contribution in [0.5, 0.6) is 0 Å². The average Bonchev–Trinajstić information content (AvgIpc) is 3.23. The predicted octanol–water partition coefficient (Wildman–Crippen LogP) is 4.26. The first kappa shape index (κ1) is 20.9. The highest BCUT2D eigenvalue weighted by atomic mass is 16.5. The molecule has 2 heterocycles. The average molecular weight is 428 g/mol. The minimum Gasteiger partial charge on any atom is -0.393 e. The lowest BCUT2D eigenvalue weighted by Gasteiger charge is -2.52. The number of hydrogen-bond acceptors (Lipinski definition) is 4. The third-order valence-electron chi connectivity index (χ3n) is 11.2. The minimum absolute atomic E-state index is 0.0720. The number of ketones is 1. The number of carbonyl (C=O) groups excluding carboxylic acids is 1. The summed E-state index contributed by atoms with van der Waals surface area (Å²) in [5.41, 5.74) is 3.15. The van der Waals surface area contributed by atoms with Gasteiger partial charge in [0.1, 0.15) is 5.78 Å². The third kappa shape index (κ3) is 2.74. The van der Waals surface area contributed by atoms with E-state index in [1.54, 1.807) is 5.57 Å². The molecule has 2 saturated heterocycles. The molecule has 3 saturated carbocycles. The van der Waals surface area contributed by atoms with Crippen molar-refractivity contribution >= 4 is 5.78 Å². The molecule has 0 aromatic rings.